The first kappa shape index (κ1) is 20.9. The van der Waals surface area contributed by atoms with Crippen LogP contribution in [0, 0.1) is 0 Å². The standard InChI is InChI=1S/C23H26N2O3S/c1-4-17(2)25(23(26)18-10-12-20(27-3)13-11-18)14-19-16-29-22(24-19)15-28-21-8-6-5-7-9-21/h5-13,16-17H,4,14-15H2,1-3H3. The van der Waals surface area contributed by atoms with Gasteiger partial charge in [-0.1, -0.05) is 25.1 Å². The Morgan fingerprint density at radius 2 is 1.83 bits per heavy atom. The monoisotopic (exact) mass is 410 g/mol. The first-order valence-electron chi connectivity index (χ1n) is 9.66. The molecular weight excluding hydrogens is 384 g/mol. The van der Waals surface area contributed by atoms with Crippen molar-refractivity contribution in [3.05, 3.63) is 76.2 Å². The third-order valence-electron chi connectivity index (χ3n) is 4.76. The number of methoxy groups -OCH3 is 1. The van der Waals surface area contributed by atoms with Crippen LogP contribution in [0.15, 0.2) is 60.0 Å². The molecule has 0 aliphatic carbocycles. The van der Waals surface area contributed by atoms with Crippen LogP contribution >= 0.6 is 11.3 Å². The second-order valence-corrected chi connectivity index (χ2v) is 7.70. The van der Waals surface area contributed by atoms with Gasteiger partial charge in [-0.2, -0.15) is 0 Å². The molecule has 0 bridgehead atoms. The van der Waals surface area contributed by atoms with Crippen LogP contribution in [-0.2, 0) is 13.2 Å². The Bertz CT molecular complexity index is 909. The first-order chi connectivity index (χ1) is 14.1. The van der Waals surface area contributed by atoms with Gasteiger partial charge in [-0.15, -0.1) is 11.3 Å². The second kappa shape index (κ2) is 10.1. The number of thiazole rings is 1. The highest BCUT2D eigenvalue weighted by atomic mass is 32.1. The molecule has 0 spiro atoms. The number of amides is 1. The Kier molecular flexibility index (Phi) is 7.25. The Balaban J connectivity index is 1.68. The summed E-state index contributed by atoms with van der Waals surface area (Å²) in [5.41, 5.74) is 1.53. The second-order valence-electron chi connectivity index (χ2n) is 6.75. The highest BCUT2D eigenvalue weighted by molar-refractivity contribution is 7.09. The molecule has 2 aromatic carbocycles. The minimum Gasteiger partial charge on any atom is -0.497 e. The predicted octanol–water partition coefficient (Wildman–Crippen LogP) is 5.17. The molecule has 6 heteroatoms. The first-order valence-corrected chi connectivity index (χ1v) is 10.5. The van der Waals surface area contributed by atoms with E-state index in [0.717, 1.165) is 28.6 Å². The van der Waals surface area contributed by atoms with Gasteiger partial charge in [0.1, 0.15) is 23.1 Å². The van der Waals surface area contributed by atoms with Crippen molar-refractivity contribution in [1.29, 1.82) is 0 Å². The normalized spacial score (nSPS) is 11.7. The molecule has 0 N–H and O–H groups in total. The number of benzene rings is 2. The van der Waals surface area contributed by atoms with Crippen LogP contribution in [-0.4, -0.2) is 28.9 Å². The van der Waals surface area contributed by atoms with Crippen molar-refractivity contribution in [1.82, 2.24) is 9.88 Å². The molecule has 1 unspecified atom stereocenters. The summed E-state index contributed by atoms with van der Waals surface area (Å²) in [5, 5.41) is 2.89. The summed E-state index contributed by atoms with van der Waals surface area (Å²) in [4.78, 5) is 19.6. The van der Waals surface area contributed by atoms with Crippen LogP contribution in [0.1, 0.15) is 41.3 Å². The Hall–Kier alpha value is -2.86. The van der Waals surface area contributed by atoms with Crippen molar-refractivity contribution >= 4 is 17.2 Å². The van der Waals surface area contributed by atoms with Crippen molar-refractivity contribution in [3.8, 4) is 11.5 Å². The summed E-state index contributed by atoms with van der Waals surface area (Å²) in [6.07, 6.45) is 0.871. The lowest BCUT2D eigenvalue weighted by atomic mass is 10.1. The van der Waals surface area contributed by atoms with Crippen LogP contribution in [0.2, 0.25) is 0 Å². The number of rotatable bonds is 9. The molecule has 0 saturated heterocycles. The maximum atomic E-state index is 13.1. The molecule has 1 aromatic heterocycles. The number of hydrogen-bond donors (Lipinski definition) is 0. The maximum absolute atomic E-state index is 13.1. The van der Waals surface area contributed by atoms with Crippen LogP contribution < -0.4 is 9.47 Å². The van der Waals surface area contributed by atoms with Gasteiger partial charge in [-0.25, -0.2) is 4.98 Å². The highest BCUT2D eigenvalue weighted by Gasteiger charge is 2.22. The van der Waals surface area contributed by atoms with E-state index in [4.69, 9.17) is 9.47 Å². The van der Waals surface area contributed by atoms with Gasteiger partial charge in [0.15, 0.2) is 0 Å². The smallest absolute Gasteiger partial charge is 0.254 e. The molecule has 0 radical (unpaired) electrons. The van der Waals surface area contributed by atoms with E-state index in [1.165, 1.54) is 0 Å². The molecule has 3 aromatic rings. The fourth-order valence-corrected chi connectivity index (χ4v) is 3.57. The zero-order chi connectivity index (χ0) is 20.6. The van der Waals surface area contributed by atoms with E-state index in [0.29, 0.717) is 18.7 Å². The van der Waals surface area contributed by atoms with Gasteiger partial charge in [0.25, 0.3) is 5.91 Å². The third kappa shape index (κ3) is 5.57. The van der Waals surface area contributed by atoms with E-state index >= 15 is 0 Å². The van der Waals surface area contributed by atoms with E-state index < -0.39 is 0 Å². The molecule has 3 rings (SSSR count). The molecule has 5 nitrogen and oxygen atoms in total. The fraction of sp³-hybridized carbons (Fsp3) is 0.304. The topological polar surface area (TPSA) is 51.7 Å². The molecule has 0 fully saturated rings. The molecule has 29 heavy (non-hydrogen) atoms. The molecule has 0 aliphatic heterocycles. The van der Waals surface area contributed by atoms with Crippen LogP contribution in [0.25, 0.3) is 0 Å². The average molecular weight is 411 g/mol. The summed E-state index contributed by atoms with van der Waals surface area (Å²) in [7, 11) is 1.61. The largest absolute Gasteiger partial charge is 0.497 e. The van der Waals surface area contributed by atoms with E-state index in [2.05, 4.69) is 18.8 Å². The lowest BCUT2D eigenvalue weighted by Gasteiger charge is -2.28. The third-order valence-corrected chi connectivity index (χ3v) is 5.63. The number of para-hydroxylation sites is 1. The van der Waals surface area contributed by atoms with E-state index in [1.54, 1.807) is 30.6 Å². The quantitative estimate of drug-likeness (QED) is 0.488. The molecule has 1 amide bonds. The summed E-state index contributed by atoms with van der Waals surface area (Å²) in [5.74, 6) is 1.55. The van der Waals surface area contributed by atoms with Crippen LogP contribution in [0.4, 0.5) is 0 Å². The molecular formula is C23H26N2O3S. The number of ether oxygens (including phenoxy) is 2. The van der Waals surface area contributed by atoms with Gasteiger partial charge in [0.05, 0.1) is 19.3 Å². The SMILES string of the molecule is CCC(C)N(Cc1csc(COc2ccccc2)n1)C(=O)c1ccc(OC)cc1. The number of hydrogen-bond acceptors (Lipinski definition) is 5. The van der Waals surface area contributed by atoms with Gasteiger partial charge < -0.3 is 14.4 Å². The van der Waals surface area contributed by atoms with Gasteiger partial charge in [-0.3, -0.25) is 4.79 Å². The molecule has 1 heterocycles. The Morgan fingerprint density at radius 1 is 1.10 bits per heavy atom. The van der Waals surface area contributed by atoms with Crippen molar-refractivity contribution in [2.24, 2.45) is 0 Å². The van der Waals surface area contributed by atoms with Crippen molar-refractivity contribution in [3.63, 3.8) is 0 Å². The van der Waals surface area contributed by atoms with Gasteiger partial charge in [0, 0.05) is 17.0 Å². The minimum absolute atomic E-state index is 0.00270. The summed E-state index contributed by atoms with van der Waals surface area (Å²) in [6, 6.07) is 17.0. The van der Waals surface area contributed by atoms with Gasteiger partial charge in [0.2, 0.25) is 0 Å². The molecule has 152 valence electrons. The number of nitrogens with zero attached hydrogens (tertiary/aromatic N) is 2. The Labute approximate surface area is 175 Å². The molecule has 0 saturated carbocycles. The lowest BCUT2D eigenvalue weighted by Crippen LogP contribution is -2.37. The van der Waals surface area contributed by atoms with Crippen LogP contribution in [0.3, 0.4) is 0 Å². The van der Waals surface area contributed by atoms with Crippen molar-refractivity contribution in [2.45, 2.75) is 39.5 Å². The zero-order valence-electron chi connectivity index (χ0n) is 17.0. The van der Waals surface area contributed by atoms with Gasteiger partial charge in [-0.05, 0) is 49.7 Å². The number of aromatic nitrogens is 1. The molecule has 0 aliphatic rings. The zero-order valence-corrected chi connectivity index (χ0v) is 17.8. The average Bonchev–Trinajstić information content (AvgIpc) is 3.23. The number of carbonyl (C=O) groups is 1. The Morgan fingerprint density at radius 3 is 2.48 bits per heavy atom. The predicted molar refractivity (Wildman–Crippen MR) is 116 cm³/mol. The summed E-state index contributed by atoms with van der Waals surface area (Å²) in [6.45, 7) is 5.04. The fourth-order valence-electron chi connectivity index (χ4n) is 2.87. The van der Waals surface area contributed by atoms with Gasteiger partial charge >= 0.3 is 0 Å². The van der Waals surface area contributed by atoms with Crippen molar-refractivity contribution < 1.29 is 14.3 Å². The highest BCUT2D eigenvalue weighted by Crippen LogP contribution is 2.20. The lowest BCUT2D eigenvalue weighted by molar-refractivity contribution is 0.0669. The van der Waals surface area contributed by atoms with E-state index in [9.17, 15) is 4.79 Å². The summed E-state index contributed by atoms with van der Waals surface area (Å²) >= 11 is 1.55. The number of carbonyl (C=O) groups excluding carboxylic acids is 1. The van der Waals surface area contributed by atoms with Crippen molar-refractivity contribution in [2.75, 3.05) is 7.11 Å². The molecule has 1 atom stereocenters. The van der Waals surface area contributed by atoms with Crippen LogP contribution in [0.5, 0.6) is 11.5 Å². The minimum atomic E-state index is -0.00270. The van der Waals surface area contributed by atoms with E-state index in [1.807, 2.05) is 52.7 Å². The van der Waals surface area contributed by atoms with E-state index in [-0.39, 0.29) is 11.9 Å². The maximum Gasteiger partial charge on any atom is 0.254 e. The summed E-state index contributed by atoms with van der Waals surface area (Å²) < 4.78 is 11.0.